The van der Waals surface area contributed by atoms with E-state index in [1.807, 2.05) is 36.4 Å². The van der Waals surface area contributed by atoms with Gasteiger partial charge in [0, 0.05) is 22.9 Å². The molecule has 1 heterocycles. The molecule has 0 aliphatic heterocycles. The molecule has 2 rings (SSSR count). The summed E-state index contributed by atoms with van der Waals surface area (Å²) in [6, 6.07) is 11.5. The van der Waals surface area contributed by atoms with Crippen LogP contribution in [0.5, 0.6) is 11.5 Å². The molecule has 4 heteroatoms. The fourth-order valence-corrected chi connectivity index (χ4v) is 2.02. The van der Waals surface area contributed by atoms with Gasteiger partial charge in [-0.3, -0.25) is 4.98 Å². The van der Waals surface area contributed by atoms with Crippen molar-refractivity contribution in [3.05, 3.63) is 47.7 Å². The highest BCUT2D eigenvalue weighted by Crippen LogP contribution is 2.33. The molecule has 21 heavy (non-hydrogen) atoms. The molecule has 0 saturated carbocycles. The van der Waals surface area contributed by atoms with Gasteiger partial charge in [0.2, 0.25) is 0 Å². The SMILES string of the molecule is COc1ccc(-c2ncccc2/C=C(\C)C#N)cc1OC. The Balaban J connectivity index is 2.55. The Morgan fingerprint density at radius 3 is 2.62 bits per heavy atom. The third-order valence-electron chi connectivity index (χ3n) is 3.04. The summed E-state index contributed by atoms with van der Waals surface area (Å²) in [5, 5.41) is 8.93. The molecule has 1 aromatic carbocycles. The van der Waals surface area contributed by atoms with Crippen LogP contribution in [-0.2, 0) is 0 Å². The van der Waals surface area contributed by atoms with E-state index in [0.717, 1.165) is 16.8 Å². The van der Waals surface area contributed by atoms with E-state index in [0.29, 0.717) is 17.1 Å². The predicted octanol–water partition coefficient (Wildman–Crippen LogP) is 3.69. The minimum absolute atomic E-state index is 0.629. The van der Waals surface area contributed by atoms with E-state index < -0.39 is 0 Å². The maximum absolute atomic E-state index is 8.93. The zero-order valence-electron chi connectivity index (χ0n) is 12.3. The van der Waals surface area contributed by atoms with Gasteiger partial charge in [-0.05, 0) is 37.3 Å². The van der Waals surface area contributed by atoms with Crippen LogP contribution in [0, 0.1) is 11.3 Å². The summed E-state index contributed by atoms with van der Waals surface area (Å²) in [5.41, 5.74) is 3.23. The van der Waals surface area contributed by atoms with E-state index in [1.54, 1.807) is 27.3 Å². The quantitative estimate of drug-likeness (QED) is 0.801. The number of pyridine rings is 1. The zero-order chi connectivity index (χ0) is 15.2. The highest BCUT2D eigenvalue weighted by molar-refractivity contribution is 5.75. The molecule has 0 spiro atoms. The lowest BCUT2D eigenvalue weighted by atomic mass is 10.0. The second-order valence-electron chi connectivity index (χ2n) is 4.45. The number of hydrogen-bond acceptors (Lipinski definition) is 4. The van der Waals surface area contributed by atoms with Gasteiger partial charge in [0.25, 0.3) is 0 Å². The van der Waals surface area contributed by atoms with Crippen LogP contribution in [0.2, 0.25) is 0 Å². The number of nitrogens with zero attached hydrogens (tertiary/aromatic N) is 2. The molecule has 0 bridgehead atoms. The first-order chi connectivity index (χ1) is 10.2. The molecule has 0 unspecified atom stereocenters. The van der Waals surface area contributed by atoms with Gasteiger partial charge in [0.05, 0.1) is 26.0 Å². The van der Waals surface area contributed by atoms with E-state index in [4.69, 9.17) is 14.7 Å². The van der Waals surface area contributed by atoms with E-state index in [2.05, 4.69) is 11.1 Å². The molecular weight excluding hydrogens is 264 g/mol. The number of rotatable bonds is 4. The maximum atomic E-state index is 8.93. The molecule has 0 radical (unpaired) electrons. The average molecular weight is 280 g/mol. The number of benzene rings is 1. The average Bonchev–Trinajstić information content (AvgIpc) is 2.54. The molecule has 0 amide bonds. The predicted molar refractivity (Wildman–Crippen MR) is 82.0 cm³/mol. The monoisotopic (exact) mass is 280 g/mol. The number of methoxy groups -OCH3 is 2. The molecule has 0 fully saturated rings. The van der Waals surface area contributed by atoms with Crippen LogP contribution >= 0.6 is 0 Å². The van der Waals surface area contributed by atoms with Crippen LogP contribution in [0.1, 0.15) is 12.5 Å². The summed E-state index contributed by atoms with van der Waals surface area (Å²) in [6.07, 6.45) is 3.55. The first-order valence-corrected chi connectivity index (χ1v) is 6.45. The first-order valence-electron chi connectivity index (χ1n) is 6.45. The Morgan fingerprint density at radius 1 is 1.19 bits per heavy atom. The molecule has 0 aliphatic carbocycles. The van der Waals surface area contributed by atoms with Gasteiger partial charge in [0.1, 0.15) is 0 Å². The minimum Gasteiger partial charge on any atom is -0.493 e. The molecule has 0 atom stereocenters. The normalized spacial score (nSPS) is 10.9. The third kappa shape index (κ3) is 3.21. The second kappa shape index (κ2) is 6.58. The molecule has 2 aromatic rings. The second-order valence-corrected chi connectivity index (χ2v) is 4.45. The molecule has 4 nitrogen and oxygen atoms in total. The highest BCUT2D eigenvalue weighted by Gasteiger charge is 2.09. The minimum atomic E-state index is 0.629. The van der Waals surface area contributed by atoms with E-state index >= 15 is 0 Å². The van der Waals surface area contributed by atoms with Crippen LogP contribution in [0.15, 0.2) is 42.1 Å². The summed E-state index contributed by atoms with van der Waals surface area (Å²) >= 11 is 0. The summed E-state index contributed by atoms with van der Waals surface area (Å²) in [4.78, 5) is 4.42. The highest BCUT2D eigenvalue weighted by atomic mass is 16.5. The summed E-state index contributed by atoms with van der Waals surface area (Å²) in [6.45, 7) is 1.77. The van der Waals surface area contributed by atoms with E-state index in [1.165, 1.54) is 0 Å². The van der Waals surface area contributed by atoms with Gasteiger partial charge >= 0.3 is 0 Å². The molecule has 0 saturated heterocycles. The number of aromatic nitrogens is 1. The van der Waals surface area contributed by atoms with Gasteiger partial charge < -0.3 is 9.47 Å². The van der Waals surface area contributed by atoms with Crippen LogP contribution in [0.3, 0.4) is 0 Å². The number of allylic oxidation sites excluding steroid dienone is 1. The molecule has 0 N–H and O–H groups in total. The van der Waals surface area contributed by atoms with Crippen molar-refractivity contribution in [1.29, 1.82) is 5.26 Å². The lowest BCUT2D eigenvalue weighted by Crippen LogP contribution is -1.93. The Morgan fingerprint density at radius 2 is 1.95 bits per heavy atom. The topological polar surface area (TPSA) is 55.1 Å². The lowest BCUT2D eigenvalue weighted by Gasteiger charge is -2.10. The van der Waals surface area contributed by atoms with Crippen LogP contribution < -0.4 is 9.47 Å². The standard InChI is InChI=1S/C17H16N2O2/c1-12(11-18)9-13-5-4-8-19-17(13)14-6-7-15(20-2)16(10-14)21-3/h4-10H,1-3H3/b12-9+. The van der Waals surface area contributed by atoms with Crippen molar-refractivity contribution < 1.29 is 9.47 Å². The molecular formula is C17H16N2O2. The van der Waals surface area contributed by atoms with Crippen molar-refractivity contribution in [3.63, 3.8) is 0 Å². The van der Waals surface area contributed by atoms with Crippen molar-refractivity contribution in [2.75, 3.05) is 14.2 Å². The van der Waals surface area contributed by atoms with E-state index in [9.17, 15) is 0 Å². The van der Waals surface area contributed by atoms with Gasteiger partial charge in [-0.25, -0.2) is 0 Å². The van der Waals surface area contributed by atoms with Crippen LogP contribution in [0.25, 0.3) is 17.3 Å². The van der Waals surface area contributed by atoms with E-state index in [-0.39, 0.29) is 0 Å². The van der Waals surface area contributed by atoms with Crippen molar-refractivity contribution >= 4 is 6.08 Å². The fourth-order valence-electron chi connectivity index (χ4n) is 2.02. The van der Waals surface area contributed by atoms with Crippen LogP contribution in [0.4, 0.5) is 0 Å². The molecule has 0 aliphatic rings. The third-order valence-corrected chi connectivity index (χ3v) is 3.04. The summed E-state index contributed by atoms with van der Waals surface area (Å²) < 4.78 is 10.6. The van der Waals surface area contributed by atoms with Crippen molar-refractivity contribution in [2.24, 2.45) is 0 Å². The maximum Gasteiger partial charge on any atom is 0.161 e. The van der Waals surface area contributed by atoms with Crippen molar-refractivity contribution in [3.8, 4) is 28.8 Å². The lowest BCUT2D eigenvalue weighted by molar-refractivity contribution is 0.355. The van der Waals surface area contributed by atoms with Gasteiger partial charge in [-0.2, -0.15) is 5.26 Å². The van der Waals surface area contributed by atoms with Gasteiger partial charge in [-0.15, -0.1) is 0 Å². The summed E-state index contributed by atoms with van der Waals surface area (Å²) in [5.74, 6) is 1.31. The first kappa shape index (κ1) is 14.6. The summed E-state index contributed by atoms with van der Waals surface area (Å²) in [7, 11) is 3.20. The number of ether oxygens (including phenoxy) is 2. The Hall–Kier alpha value is -2.80. The smallest absolute Gasteiger partial charge is 0.161 e. The van der Waals surface area contributed by atoms with Crippen molar-refractivity contribution in [2.45, 2.75) is 6.92 Å². The number of hydrogen-bond donors (Lipinski definition) is 0. The van der Waals surface area contributed by atoms with Gasteiger partial charge in [-0.1, -0.05) is 6.07 Å². The van der Waals surface area contributed by atoms with Crippen molar-refractivity contribution in [1.82, 2.24) is 4.98 Å². The zero-order valence-corrected chi connectivity index (χ0v) is 12.3. The molecule has 106 valence electrons. The van der Waals surface area contributed by atoms with Gasteiger partial charge in [0.15, 0.2) is 11.5 Å². The fraction of sp³-hybridized carbons (Fsp3) is 0.176. The van der Waals surface area contributed by atoms with Crippen LogP contribution in [-0.4, -0.2) is 19.2 Å². The number of nitriles is 1. The Labute approximate surface area is 124 Å². The largest absolute Gasteiger partial charge is 0.493 e. The molecule has 1 aromatic heterocycles. The Bertz CT molecular complexity index is 715. The Kier molecular flexibility index (Phi) is 4.57.